The normalized spacial score (nSPS) is 23.0. The number of benzene rings is 2. The predicted molar refractivity (Wildman–Crippen MR) is 135 cm³/mol. The molecule has 2 unspecified atom stereocenters. The van der Waals surface area contributed by atoms with Gasteiger partial charge in [-0.25, -0.2) is 0 Å². The fraction of sp³-hybridized carbons (Fsp3) is 0.357. The maximum Gasteiger partial charge on any atom is 0.235 e. The first-order chi connectivity index (χ1) is 17.0. The van der Waals surface area contributed by atoms with Gasteiger partial charge in [0.2, 0.25) is 11.8 Å². The molecule has 6 rings (SSSR count). The van der Waals surface area contributed by atoms with Gasteiger partial charge in [0.25, 0.3) is 0 Å². The van der Waals surface area contributed by atoms with Crippen molar-refractivity contribution in [1.82, 2.24) is 19.4 Å². The molecule has 3 atom stereocenters. The number of aryl methyl sites for hydroxylation is 1. The highest BCUT2D eigenvalue weighted by atomic mass is 16.5. The van der Waals surface area contributed by atoms with Crippen molar-refractivity contribution < 1.29 is 14.3 Å². The highest BCUT2D eigenvalue weighted by Crippen LogP contribution is 2.43. The van der Waals surface area contributed by atoms with Crippen LogP contribution in [-0.2, 0) is 27.4 Å². The van der Waals surface area contributed by atoms with Crippen molar-refractivity contribution in [2.75, 3.05) is 27.2 Å². The molecule has 4 bridgehead atoms. The third-order valence-electron chi connectivity index (χ3n) is 7.40. The highest BCUT2D eigenvalue weighted by molar-refractivity contribution is 6.13. The van der Waals surface area contributed by atoms with Crippen molar-refractivity contribution in [2.24, 2.45) is 0 Å². The fourth-order valence-electron chi connectivity index (χ4n) is 5.87. The van der Waals surface area contributed by atoms with Crippen LogP contribution in [0.3, 0.4) is 0 Å². The van der Waals surface area contributed by atoms with Crippen molar-refractivity contribution in [3.05, 3.63) is 72.1 Å². The number of hydrogen-bond acceptors (Lipinski definition) is 4. The number of fused-ring (bicyclic) bond motifs is 13. The number of para-hydroxylation sites is 2. The van der Waals surface area contributed by atoms with E-state index in [4.69, 9.17) is 4.74 Å². The molecule has 2 aromatic carbocycles. The van der Waals surface area contributed by atoms with Gasteiger partial charge in [0, 0.05) is 53.8 Å². The van der Waals surface area contributed by atoms with Crippen LogP contribution in [0.15, 0.2) is 60.9 Å². The van der Waals surface area contributed by atoms with Crippen molar-refractivity contribution in [3.8, 4) is 0 Å². The van der Waals surface area contributed by atoms with Gasteiger partial charge in [0.15, 0.2) is 0 Å². The number of aromatic nitrogens is 2. The maximum absolute atomic E-state index is 13.3. The fourth-order valence-corrected chi connectivity index (χ4v) is 5.87. The van der Waals surface area contributed by atoms with E-state index in [0.717, 1.165) is 52.4 Å². The van der Waals surface area contributed by atoms with E-state index in [2.05, 4.69) is 64.0 Å². The summed E-state index contributed by atoms with van der Waals surface area (Å²) >= 11 is 0. The Bertz CT molecular complexity index is 1430. The standard InChI is InChI=1S/C28H30N4O3/c1-30(2)15-18-11-12-31-16-21(19-7-3-5-9-23(19)31)25-26(28(34)29-27(25)33)22-17-32(13-14-35-18)24-10-6-4-8-20(22)24/h3-10,16-18,25-26H,11-15H2,1-2H3,(H,29,33,34)/t18-,25?,26?/m0/s1. The van der Waals surface area contributed by atoms with Gasteiger partial charge in [-0.3, -0.25) is 14.9 Å². The van der Waals surface area contributed by atoms with Crippen LogP contribution in [0.4, 0.5) is 0 Å². The summed E-state index contributed by atoms with van der Waals surface area (Å²) in [6, 6.07) is 16.3. The Labute approximate surface area is 204 Å². The molecule has 0 aliphatic carbocycles. The van der Waals surface area contributed by atoms with E-state index in [9.17, 15) is 9.59 Å². The number of amides is 2. The van der Waals surface area contributed by atoms with Crippen LogP contribution >= 0.6 is 0 Å². The van der Waals surface area contributed by atoms with Gasteiger partial charge in [-0.05, 0) is 43.8 Å². The summed E-state index contributed by atoms with van der Waals surface area (Å²) in [6.45, 7) is 2.88. The molecule has 1 saturated heterocycles. The van der Waals surface area contributed by atoms with E-state index in [0.29, 0.717) is 13.2 Å². The summed E-state index contributed by atoms with van der Waals surface area (Å²) in [5.41, 5.74) is 3.94. The van der Waals surface area contributed by atoms with Crippen molar-refractivity contribution in [1.29, 1.82) is 0 Å². The Morgan fingerprint density at radius 1 is 0.857 bits per heavy atom. The van der Waals surface area contributed by atoms with Gasteiger partial charge in [-0.1, -0.05) is 36.4 Å². The zero-order valence-electron chi connectivity index (χ0n) is 20.1. The van der Waals surface area contributed by atoms with Gasteiger partial charge < -0.3 is 18.8 Å². The smallest absolute Gasteiger partial charge is 0.235 e. The molecule has 35 heavy (non-hydrogen) atoms. The molecule has 2 aliphatic rings. The number of carbonyl (C=O) groups excluding carboxylic acids is 2. The van der Waals surface area contributed by atoms with Crippen LogP contribution in [0.5, 0.6) is 0 Å². The van der Waals surface area contributed by atoms with Crippen molar-refractivity contribution >= 4 is 33.6 Å². The summed E-state index contributed by atoms with van der Waals surface area (Å²) in [5, 5.41) is 4.67. The van der Waals surface area contributed by atoms with Crippen LogP contribution in [0.25, 0.3) is 21.8 Å². The zero-order valence-corrected chi connectivity index (χ0v) is 20.1. The third-order valence-corrected chi connectivity index (χ3v) is 7.40. The molecule has 4 aromatic rings. The molecule has 2 amide bonds. The Morgan fingerprint density at radius 2 is 1.40 bits per heavy atom. The number of imide groups is 1. The second-order valence-corrected chi connectivity index (χ2v) is 9.94. The van der Waals surface area contributed by atoms with E-state index in [1.54, 1.807) is 0 Å². The molecule has 0 spiro atoms. The number of rotatable bonds is 2. The monoisotopic (exact) mass is 470 g/mol. The first kappa shape index (κ1) is 22.1. The number of likely N-dealkylation sites (N-methyl/N-ethyl adjacent to an activating group) is 1. The summed E-state index contributed by atoms with van der Waals surface area (Å²) in [5.74, 6) is -1.59. The van der Waals surface area contributed by atoms with Gasteiger partial charge in [0.1, 0.15) is 0 Å². The van der Waals surface area contributed by atoms with E-state index in [1.165, 1.54) is 0 Å². The summed E-state index contributed by atoms with van der Waals surface area (Å²) in [7, 11) is 4.14. The number of carbonyl (C=O) groups is 2. The van der Waals surface area contributed by atoms with Crippen molar-refractivity contribution in [2.45, 2.75) is 37.5 Å². The molecule has 0 saturated carbocycles. The minimum atomic E-state index is -0.571. The topological polar surface area (TPSA) is 68.5 Å². The minimum absolute atomic E-state index is 0.0861. The van der Waals surface area contributed by atoms with E-state index < -0.39 is 11.8 Å². The van der Waals surface area contributed by atoms with Gasteiger partial charge >= 0.3 is 0 Å². The SMILES string of the molecule is CN(C)C[C@@H]1CCn2cc(c3ccccc32)C2C(=O)NC(=O)C2c2cn(c3ccccc23)CCO1. The molecule has 2 aliphatic heterocycles. The van der Waals surface area contributed by atoms with Crippen LogP contribution < -0.4 is 5.32 Å². The molecule has 1 N–H and O–H groups in total. The van der Waals surface area contributed by atoms with Crippen LogP contribution in [0.1, 0.15) is 29.4 Å². The third kappa shape index (κ3) is 3.75. The second kappa shape index (κ2) is 8.66. The molecule has 7 nitrogen and oxygen atoms in total. The molecular formula is C28H30N4O3. The average Bonchev–Trinajstić information content (AvgIpc) is 3.47. The number of hydrogen-bond donors (Lipinski definition) is 1. The van der Waals surface area contributed by atoms with Crippen molar-refractivity contribution in [3.63, 3.8) is 0 Å². The van der Waals surface area contributed by atoms with Crippen LogP contribution in [0, 0.1) is 0 Å². The number of nitrogens with one attached hydrogen (secondary N) is 1. The molecule has 7 heteroatoms. The lowest BCUT2D eigenvalue weighted by Crippen LogP contribution is -2.30. The Hall–Kier alpha value is -3.42. The largest absolute Gasteiger partial charge is 0.375 e. The summed E-state index contributed by atoms with van der Waals surface area (Å²) < 4.78 is 10.8. The highest BCUT2D eigenvalue weighted by Gasteiger charge is 2.46. The lowest BCUT2D eigenvalue weighted by molar-refractivity contribution is -0.125. The Morgan fingerprint density at radius 3 is 1.97 bits per heavy atom. The minimum Gasteiger partial charge on any atom is -0.375 e. The zero-order chi connectivity index (χ0) is 24.1. The molecular weight excluding hydrogens is 440 g/mol. The van der Waals surface area contributed by atoms with Gasteiger partial charge in [-0.15, -0.1) is 0 Å². The average molecular weight is 471 g/mol. The predicted octanol–water partition coefficient (Wildman–Crippen LogP) is 3.47. The van der Waals surface area contributed by atoms with E-state index in [1.807, 2.05) is 30.3 Å². The molecule has 4 heterocycles. The molecule has 1 fully saturated rings. The maximum atomic E-state index is 13.3. The first-order valence-electron chi connectivity index (χ1n) is 12.3. The van der Waals surface area contributed by atoms with Gasteiger partial charge in [0.05, 0.1) is 24.5 Å². The molecule has 2 aromatic heterocycles. The lowest BCUT2D eigenvalue weighted by Gasteiger charge is -2.22. The summed E-state index contributed by atoms with van der Waals surface area (Å²) in [6.07, 6.45) is 5.07. The Kier molecular flexibility index (Phi) is 5.46. The number of nitrogens with zero attached hydrogens (tertiary/aromatic N) is 3. The van der Waals surface area contributed by atoms with Gasteiger partial charge in [-0.2, -0.15) is 0 Å². The molecule has 180 valence electrons. The lowest BCUT2D eigenvalue weighted by atomic mass is 9.83. The van der Waals surface area contributed by atoms with Crippen LogP contribution in [0.2, 0.25) is 0 Å². The Balaban J connectivity index is 1.55. The quantitative estimate of drug-likeness (QED) is 0.456. The number of ether oxygens (including phenoxy) is 1. The summed E-state index contributed by atoms with van der Waals surface area (Å²) in [4.78, 5) is 28.6. The van der Waals surface area contributed by atoms with E-state index >= 15 is 0 Å². The van der Waals surface area contributed by atoms with E-state index in [-0.39, 0.29) is 17.9 Å². The first-order valence-corrected chi connectivity index (χ1v) is 12.3. The van der Waals surface area contributed by atoms with Crippen LogP contribution in [-0.4, -0.2) is 59.2 Å². The second-order valence-electron chi connectivity index (χ2n) is 9.94. The molecule has 0 radical (unpaired) electrons.